The molecule has 1 unspecified atom stereocenters. The molecule has 0 aromatic heterocycles. The molecule has 2 rings (SSSR count). The van der Waals surface area contributed by atoms with Crippen molar-refractivity contribution in [3.8, 4) is 0 Å². The van der Waals surface area contributed by atoms with E-state index >= 15 is 0 Å². The van der Waals surface area contributed by atoms with Crippen LogP contribution in [0.25, 0.3) is 0 Å². The minimum atomic E-state index is 0.0822. The molecule has 2 amide bonds. The molecule has 1 aliphatic rings. The molecule has 1 aromatic carbocycles. The Morgan fingerprint density at radius 3 is 2.68 bits per heavy atom. The lowest BCUT2D eigenvalue weighted by Crippen LogP contribution is -2.39. The number of hydrogen-bond acceptors (Lipinski definition) is 3. The van der Waals surface area contributed by atoms with Gasteiger partial charge in [0.25, 0.3) is 0 Å². The predicted octanol–water partition coefficient (Wildman–Crippen LogP) is 1.11. The number of guanidine groups is 1. The molecule has 1 aromatic rings. The molecule has 1 fully saturated rings. The number of carbonyl (C=O) groups is 2. The van der Waals surface area contributed by atoms with Gasteiger partial charge in [0.05, 0.1) is 0 Å². The van der Waals surface area contributed by atoms with Crippen LogP contribution in [0.1, 0.15) is 25.3 Å². The third-order valence-electron chi connectivity index (χ3n) is 4.79. The lowest BCUT2D eigenvalue weighted by molar-refractivity contribution is -0.129. The Morgan fingerprint density at radius 2 is 2.00 bits per heavy atom. The van der Waals surface area contributed by atoms with Crippen molar-refractivity contribution in [3.63, 3.8) is 0 Å². The summed E-state index contributed by atoms with van der Waals surface area (Å²) in [6.07, 6.45) is 1.86. The van der Waals surface area contributed by atoms with Crippen molar-refractivity contribution in [2.75, 3.05) is 46.8 Å². The standard InChI is InChI=1S/C21H33N5O2/c1-4-22-21(23-12-10-19(27)25(2)3)24-15-18-14-20(28)26(16-18)13-11-17-8-6-5-7-9-17/h5-9,18H,4,10-16H2,1-3H3,(H2,22,23,24). The first-order valence-corrected chi connectivity index (χ1v) is 10.0. The fraction of sp³-hybridized carbons (Fsp3) is 0.571. The number of likely N-dealkylation sites (tertiary alicyclic amines) is 1. The van der Waals surface area contributed by atoms with Gasteiger partial charge in [-0.15, -0.1) is 0 Å². The van der Waals surface area contributed by atoms with Crippen LogP contribution in [-0.2, 0) is 16.0 Å². The number of benzene rings is 1. The quantitative estimate of drug-likeness (QED) is 0.492. The molecule has 0 aliphatic carbocycles. The first-order valence-electron chi connectivity index (χ1n) is 10.0. The van der Waals surface area contributed by atoms with Crippen LogP contribution in [0, 0.1) is 5.92 Å². The van der Waals surface area contributed by atoms with E-state index in [0.717, 1.165) is 26.1 Å². The maximum atomic E-state index is 12.3. The summed E-state index contributed by atoms with van der Waals surface area (Å²) in [5.41, 5.74) is 1.25. The molecule has 0 saturated carbocycles. The number of rotatable bonds is 9. The van der Waals surface area contributed by atoms with Crippen molar-refractivity contribution in [2.45, 2.75) is 26.2 Å². The molecule has 1 aliphatic heterocycles. The Morgan fingerprint density at radius 1 is 1.25 bits per heavy atom. The smallest absolute Gasteiger partial charge is 0.223 e. The fourth-order valence-corrected chi connectivity index (χ4v) is 3.17. The number of carbonyl (C=O) groups excluding carboxylic acids is 2. The summed E-state index contributed by atoms with van der Waals surface area (Å²) in [6.45, 7) is 5.41. The zero-order chi connectivity index (χ0) is 20.4. The van der Waals surface area contributed by atoms with Crippen LogP contribution in [-0.4, -0.2) is 74.4 Å². The first kappa shape index (κ1) is 21.7. The van der Waals surface area contributed by atoms with Gasteiger partial charge in [-0.2, -0.15) is 0 Å². The van der Waals surface area contributed by atoms with Crippen LogP contribution < -0.4 is 10.6 Å². The van der Waals surface area contributed by atoms with Crippen LogP contribution in [0.3, 0.4) is 0 Å². The average molecular weight is 388 g/mol. The Kier molecular flexibility index (Phi) is 8.78. The molecule has 154 valence electrons. The van der Waals surface area contributed by atoms with Gasteiger partial charge in [-0.05, 0) is 18.9 Å². The molecule has 0 bridgehead atoms. The summed E-state index contributed by atoms with van der Waals surface area (Å²) < 4.78 is 0. The predicted molar refractivity (Wildman–Crippen MR) is 112 cm³/mol. The van der Waals surface area contributed by atoms with Crippen molar-refractivity contribution in [1.29, 1.82) is 0 Å². The molecule has 28 heavy (non-hydrogen) atoms. The van der Waals surface area contributed by atoms with E-state index in [4.69, 9.17) is 0 Å². The van der Waals surface area contributed by atoms with Crippen molar-refractivity contribution in [1.82, 2.24) is 20.4 Å². The number of nitrogens with zero attached hydrogens (tertiary/aromatic N) is 3. The molecule has 2 N–H and O–H groups in total. The second-order valence-electron chi connectivity index (χ2n) is 7.33. The van der Waals surface area contributed by atoms with Crippen LogP contribution in [0.4, 0.5) is 0 Å². The fourth-order valence-electron chi connectivity index (χ4n) is 3.17. The van der Waals surface area contributed by atoms with E-state index < -0.39 is 0 Å². The minimum Gasteiger partial charge on any atom is -0.357 e. The highest BCUT2D eigenvalue weighted by atomic mass is 16.2. The maximum absolute atomic E-state index is 12.3. The Hall–Kier alpha value is -2.57. The first-order chi connectivity index (χ1) is 13.5. The normalized spacial score (nSPS) is 17.0. The molecule has 0 spiro atoms. The van der Waals surface area contributed by atoms with E-state index in [-0.39, 0.29) is 17.7 Å². The van der Waals surface area contributed by atoms with Gasteiger partial charge >= 0.3 is 0 Å². The molecule has 1 atom stereocenters. The summed E-state index contributed by atoms with van der Waals surface area (Å²) in [5.74, 6) is 1.23. The van der Waals surface area contributed by atoms with Crippen LogP contribution in [0.2, 0.25) is 0 Å². The Bertz CT molecular complexity index is 660. The lowest BCUT2D eigenvalue weighted by Gasteiger charge is -2.17. The topological polar surface area (TPSA) is 77.0 Å². The van der Waals surface area contributed by atoms with Gasteiger partial charge in [0, 0.05) is 65.6 Å². The van der Waals surface area contributed by atoms with Gasteiger partial charge in [0.1, 0.15) is 0 Å². The monoisotopic (exact) mass is 387 g/mol. The average Bonchev–Trinajstić information content (AvgIpc) is 3.04. The van der Waals surface area contributed by atoms with Crippen molar-refractivity contribution >= 4 is 17.8 Å². The van der Waals surface area contributed by atoms with Gasteiger partial charge in [-0.1, -0.05) is 30.3 Å². The van der Waals surface area contributed by atoms with E-state index in [9.17, 15) is 9.59 Å². The van der Waals surface area contributed by atoms with E-state index in [1.54, 1.807) is 19.0 Å². The third kappa shape index (κ3) is 7.21. The molecular formula is C21H33N5O2. The molecule has 7 nitrogen and oxygen atoms in total. The molecule has 1 saturated heterocycles. The van der Waals surface area contributed by atoms with Crippen molar-refractivity contribution < 1.29 is 9.59 Å². The maximum Gasteiger partial charge on any atom is 0.223 e. The number of aliphatic imine (C=N–C) groups is 1. The summed E-state index contributed by atoms with van der Waals surface area (Å²) in [5, 5.41) is 6.39. The molecular weight excluding hydrogens is 354 g/mol. The minimum absolute atomic E-state index is 0.0822. The highest BCUT2D eigenvalue weighted by Gasteiger charge is 2.29. The van der Waals surface area contributed by atoms with E-state index in [2.05, 4.69) is 27.8 Å². The summed E-state index contributed by atoms with van der Waals surface area (Å²) in [6, 6.07) is 10.3. The lowest BCUT2D eigenvalue weighted by atomic mass is 10.1. The van der Waals surface area contributed by atoms with E-state index in [1.807, 2.05) is 30.0 Å². The molecule has 1 heterocycles. The number of nitrogens with one attached hydrogen (secondary N) is 2. The largest absolute Gasteiger partial charge is 0.357 e. The second kappa shape index (κ2) is 11.3. The zero-order valence-electron chi connectivity index (χ0n) is 17.3. The highest BCUT2D eigenvalue weighted by molar-refractivity contribution is 5.81. The zero-order valence-corrected chi connectivity index (χ0v) is 17.3. The summed E-state index contributed by atoms with van der Waals surface area (Å²) in [7, 11) is 3.50. The SMILES string of the molecule is CCNC(=NCC1CC(=O)N(CCc2ccccc2)C1)NCCC(=O)N(C)C. The van der Waals surface area contributed by atoms with Crippen LogP contribution in [0.5, 0.6) is 0 Å². The summed E-state index contributed by atoms with van der Waals surface area (Å²) >= 11 is 0. The van der Waals surface area contributed by atoms with Gasteiger partial charge in [0.15, 0.2) is 5.96 Å². The third-order valence-corrected chi connectivity index (χ3v) is 4.79. The van der Waals surface area contributed by atoms with Crippen molar-refractivity contribution in [3.05, 3.63) is 35.9 Å². The Balaban J connectivity index is 1.78. The Labute approximate surface area is 168 Å². The van der Waals surface area contributed by atoms with Gasteiger partial charge in [-0.3, -0.25) is 14.6 Å². The van der Waals surface area contributed by atoms with Crippen LogP contribution in [0.15, 0.2) is 35.3 Å². The van der Waals surface area contributed by atoms with Crippen LogP contribution >= 0.6 is 0 Å². The number of amides is 2. The highest BCUT2D eigenvalue weighted by Crippen LogP contribution is 2.18. The van der Waals surface area contributed by atoms with Gasteiger partial charge in [0.2, 0.25) is 11.8 Å². The van der Waals surface area contributed by atoms with Gasteiger partial charge in [-0.25, -0.2) is 0 Å². The molecule has 7 heteroatoms. The summed E-state index contributed by atoms with van der Waals surface area (Å²) in [4.78, 5) is 32.1. The number of hydrogen-bond donors (Lipinski definition) is 2. The van der Waals surface area contributed by atoms with Gasteiger partial charge < -0.3 is 20.4 Å². The molecule has 0 radical (unpaired) electrons. The van der Waals surface area contributed by atoms with Crippen molar-refractivity contribution in [2.24, 2.45) is 10.9 Å². The van der Waals surface area contributed by atoms with E-state index in [1.165, 1.54) is 5.56 Å². The second-order valence-corrected chi connectivity index (χ2v) is 7.33. The van der Waals surface area contributed by atoms with E-state index in [0.29, 0.717) is 31.9 Å².